The van der Waals surface area contributed by atoms with Crippen molar-refractivity contribution in [2.24, 2.45) is 5.73 Å². The van der Waals surface area contributed by atoms with E-state index in [2.05, 4.69) is 4.74 Å². The molecule has 2 N–H and O–H groups in total. The highest BCUT2D eigenvalue weighted by atomic mass is 19.4. The average Bonchev–Trinajstić information content (AvgIpc) is 2.08. The van der Waals surface area contributed by atoms with Crippen molar-refractivity contribution in [2.45, 2.75) is 12.9 Å². The van der Waals surface area contributed by atoms with E-state index in [4.69, 9.17) is 5.73 Å². The van der Waals surface area contributed by atoms with Crippen molar-refractivity contribution in [1.82, 2.24) is 0 Å². The van der Waals surface area contributed by atoms with Crippen molar-refractivity contribution in [1.29, 1.82) is 0 Å². The highest BCUT2D eigenvalue weighted by Gasteiger charge is 2.32. The molecule has 0 heterocycles. The van der Waals surface area contributed by atoms with Crippen LogP contribution in [0, 0.1) is 11.6 Å². The molecular formula is C8H6F5NO. The third kappa shape index (κ3) is 3.05. The van der Waals surface area contributed by atoms with Crippen LogP contribution in [-0.4, -0.2) is 6.36 Å². The van der Waals surface area contributed by atoms with E-state index < -0.39 is 23.7 Å². The number of rotatable bonds is 2. The third-order valence-corrected chi connectivity index (χ3v) is 1.55. The van der Waals surface area contributed by atoms with E-state index in [9.17, 15) is 22.0 Å². The Morgan fingerprint density at radius 2 is 1.73 bits per heavy atom. The van der Waals surface area contributed by atoms with Crippen molar-refractivity contribution in [2.75, 3.05) is 0 Å². The standard InChI is InChI=1S/C8H6F5NO/c9-5-2-7(15-8(11,12)13)6(10)1-4(5)3-14/h1-2H,3,14H2. The fourth-order valence-electron chi connectivity index (χ4n) is 0.929. The van der Waals surface area contributed by atoms with Crippen molar-refractivity contribution >= 4 is 0 Å². The number of hydrogen-bond acceptors (Lipinski definition) is 2. The Hall–Kier alpha value is -1.37. The Labute approximate surface area is 81.4 Å². The van der Waals surface area contributed by atoms with Gasteiger partial charge in [0, 0.05) is 18.2 Å². The Bertz CT molecular complexity index is 363. The first-order chi connectivity index (χ1) is 6.83. The minimum atomic E-state index is -5.06. The molecule has 0 unspecified atom stereocenters. The summed E-state index contributed by atoms with van der Waals surface area (Å²) in [6.45, 7) is -0.310. The van der Waals surface area contributed by atoms with Gasteiger partial charge in [-0.05, 0) is 6.07 Å². The summed E-state index contributed by atoms with van der Waals surface area (Å²) in [7, 11) is 0. The Kier molecular flexibility index (Phi) is 3.13. The zero-order chi connectivity index (χ0) is 11.6. The van der Waals surface area contributed by atoms with Crippen LogP contribution in [0.5, 0.6) is 5.75 Å². The van der Waals surface area contributed by atoms with Crippen molar-refractivity contribution < 1.29 is 26.7 Å². The number of nitrogens with two attached hydrogens (primary N) is 1. The largest absolute Gasteiger partial charge is 0.573 e. The minimum Gasteiger partial charge on any atom is -0.403 e. The van der Waals surface area contributed by atoms with E-state index in [1.54, 1.807) is 0 Å². The molecule has 2 nitrogen and oxygen atoms in total. The molecule has 0 aliphatic heterocycles. The summed E-state index contributed by atoms with van der Waals surface area (Å²) in [5.74, 6) is -3.57. The summed E-state index contributed by atoms with van der Waals surface area (Å²) in [4.78, 5) is 0. The summed E-state index contributed by atoms with van der Waals surface area (Å²) in [6.07, 6.45) is -5.06. The molecule has 0 aliphatic carbocycles. The number of ether oxygens (including phenoxy) is 1. The lowest BCUT2D eigenvalue weighted by Gasteiger charge is -2.10. The van der Waals surface area contributed by atoms with Gasteiger partial charge in [-0.1, -0.05) is 0 Å². The molecule has 1 rings (SSSR count). The van der Waals surface area contributed by atoms with Gasteiger partial charge < -0.3 is 10.5 Å². The molecule has 84 valence electrons. The maximum absolute atomic E-state index is 12.9. The second-order valence-corrected chi connectivity index (χ2v) is 2.63. The summed E-state index contributed by atoms with van der Waals surface area (Å²) >= 11 is 0. The second kappa shape index (κ2) is 4.01. The molecule has 0 bridgehead atoms. The van der Waals surface area contributed by atoms with E-state index in [0.29, 0.717) is 12.1 Å². The molecule has 0 aliphatic rings. The SMILES string of the molecule is NCc1cc(F)c(OC(F)(F)F)cc1F. The number of benzene rings is 1. The summed E-state index contributed by atoms with van der Waals surface area (Å²) in [5.41, 5.74) is 4.81. The van der Waals surface area contributed by atoms with Crippen LogP contribution in [0.15, 0.2) is 12.1 Å². The lowest BCUT2D eigenvalue weighted by Crippen LogP contribution is -2.18. The molecule has 7 heteroatoms. The van der Waals surface area contributed by atoms with Gasteiger partial charge in [-0.25, -0.2) is 8.78 Å². The first-order valence-electron chi connectivity index (χ1n) is 3.77. The van der Waals surface area contributed by atoms with Gasteiger partial charge in [0.15, 0.2) is 11.6 Å². The average molecular weight is 227 g/mol. The predicted octanol–water partition coefficient (Wildman–Crippen LogP) is 2.32. The minimum absolute atomic E-state index is 0.220. The van der Waals surface area contributed by atoms with Gasteiger partial charge in [-0.2, -0.15) is 0 Å². The van der Waals surface area contributed by atoms with Crippen LogP contribution in [-0.2, 0) is 6.54 Å². The lowest BCUT2D eigenvalue weighted by atomic mass is 10.2. The van der Waals surface area contributed by atoms with Crippen LogP contribution in [0.4, 0.5) is 22.0 Å². The van der Waals surface area contributed by atoms with Crippen molar-refractivity contribution in [3.05, 3.63) is 29.3 Å². The molecule has 0 radical (unpaired) electrons. The van der Waals surface area contributed by atoms with E-state index in [1.165, 1.54) is 0 Å². The fourth-order valence-corrected chi connectivity index (χ4v) is 0.929. The first-order valence-corrected chi connectivity index (χ1v) is 3.77. The Morgan fingerprint density at radius 1 is 1.13 bits per heavy atom. The zero-order valence-electron chi connectivity index (χ0n) is 7.24. The van der Waals surface area contributed by atoms with Gasteiger partial charge in [0.25, 0.3) is 0 Å². The molecule has 1 aromatic rings. The molecular weight excluding hydrogens is 221 g/mol. The quantitative estimate of drug-likeness (QED) is 0.787. The van der Waals surface area contributed by atoms with Crippen molar-refractivity contribution in [3.63, 3.8) is 0 Å². The molecule has 0 saturated heterocycles. The molecule has 0 saturated carbocycles. The van der Waals surface area contributed by atoms with E-state index >= 15 is 0 Å². The van der Waals surface area contributed by atoms with Crippen LogP contribution < -0.4 is 10.5 Å². The molecule has 0 fully saturated rings. The van der Waals surface area contributed by atoms with Crippen molar-refractivity contribution in [3.8, 4) is 5.75 Å². The summed E-state index contributed by atoms with van der Waals surface area (Å²) in [5, 5.41) is 0. The molecule has 0 aromatic heterocycles. The highest BCUT2D eigenvalue weighted by Crippen LogP contribution is 2.27. The molecule has 15 heavy (non-hydrogen) atoms. The maximum atomic E-state index is 12.9. The van der Waals surface area contributed by atoms with E-state index in [1.807, 2.05) is 0 Å². The lowest BCUT2D eigenvalue weighted by molar-refractivity contribution is -0.275. The van der Waals surface area contributed by atoms with Gasteiger partial charge >= 0.3 is 6.36 Å². The fraction of sp³-hybridized carbons (Fsp3) is 0.250. The monoisotopic (exact) mass is 227 g/mol. The Morgan fingerprint density at radius 3 is 2.20 bits per heavy atom. The van der Waals surface area contributed by atoms with Crippen LogP contribution in [0.2, 0.25) is 0 Å². The van der Waals surface area contributed by atoms with Crippen LogP contribution in [0.3, 0.4) is 0 Å². The third-order valence-electron chi connectivity index (χ3n) is 1.55. The number of halogens is 5. The topological polar surface area (TPSA) is 35.2 Å². The van der Waals surface area contributed by atoms with Crippen LogP contribution >= 0.6 is 0 Å². The van der Waals surface area contributed by atoms with Crippen LogP contribution in [0.25, 0.3) is 0 Å². The predicted molar refractivity (Wildman–Crippen MR) is 40.9 cm³/mol. The van der Waals surface area contributed by atoms with E-state index in [0.717, 1.165) is 0 Å². The first kappa shape index (κ1) is 11.7. The molecule has 0 spiro atoms. The normalized spacial score (nSPS) is 11.6. The van der Waals surface area contributed by atoms with Crippen LogP contribution in [0.1, 0.15) is 5.56 Å². The highest BCUT2D eigenvalue weighted by molar-refractivity contribution is 5.30. The Balaban J connectivity index is 3.05. The molecule has 0 atom stereocenters. The summed E-state index contributed by atoms with van der Waals surface area (Å²) in [6, 6.07) is 0.876. The smallest absolute Gasteiger partial charge is 0.403 e. The van der Waals surface area contributed by atoms with Gasteiger partial charge in [0.1, 0.15) is 5.82 Å². The van der Waals surface area contributed by atoms with Gasteiger partial charge in [-0.3, -0.25) is 0 Å². The van der Waals surface area contributed by atoms with Gasteiger partial charge in [-0.15, -0.1) is 13.2 Å². The maximum Gasteiger partial charge on any atom is 0.573 e. The van der Waals surface area contributed by atoms with Gasteiger partial charge in [0.2, 0.25) is 0 Å². The number of hydrogen-bond donors (Lipinski definition) is 1. The van der Waals surface area contributed by atoms with Gasteiger partial charge in [0.05, 0.1) is 0 Å². The number of alkyl halides is 3. The zero-order valence-corrected chi connectivity index (χ0v) is 7.24. The van der Waals surface area contributed by atoms with E-state index in [-0.39, 0.29) is 12.1 Å². The molecule has 1 aromatic carbocycles. The second-order valence-electron chi connectivity index (χ2n) is 2.63. The summed E-state index contributed by atoms with van der Waals surface area (Å²) < 4.78 is 64.2. The molecule has 0 amide bonds.